The third-order valence-corrected chi connectivity index (χ3v) is 4.08. The average molecular weight is 364 g/mol. The molecular formula is C17H28N6O3. The van der Waals surface area contributed by atoms with Crippen LogP contribution in [-0.2, 0) is 16.6 Å². The lowest BCUT2D eigenvalue weighted by atomic mass is 10.1. The Morgan fingerprint density at radius 2 is 2.08 bits per heavy atom. The number of nitrogens with zero attached hydrogens (tertiary/aromatic N) is 4. The van der Waals surface area contributed by atoms with Gasteiger partial charge in [0.2, 0.25) is 5.91 Å². The number of amidine groups is 1. The molecule has 144 valence electrons. The molecule has 1 fully saturated rings. The number of nitrogens with one attached hydrogen (secondary N) is 2. The van der Waals surface area contributed by atoms with Crippen LogP contribution in [0.3, 0.4) is 0 Å². The van der Waals surface area contributed by atoms with E-state index in [4.69, 9.17) is 4.74 Å². The SMILES string of the molecule is C/N=C(/N[C@H]1C[C@@H](C(=O)NC)N(C(=O)OC(C)(C)C)C1)c1nccn1C. The minimum atomic E-state index is -0.626. The summed E-state index contributed by atoms with van der Waals surface area (Å²) in [5.74, 6) is 1.09. The molecule has 2 amide bonds. The topological polar surface area (TPSA) is 101 Å². The van der Waals surface area contributed by atoms with E-state index >= 15 is 0 Å². The molecule has 9 nitrogen and oxygen atoms in total. The molecule has 26 heavy (non-hydrogen) atoms. The number of aromatic nitrogens is 2. The molecule has 0 unspecified atom stereocenters. The van der Waals surface area contributed by atoms with Crippen LogP contribution in [0.25, 0.3) is 0 Å². The first kappa shape index (κ1) is 19.7. The minimum absolute atomic E-state index is 0.139. The summed E-state index contributed by atoms with van der Waals surface area (Å²) in [5.41, 5.74) is -0.626. The highest BCUT2D eigenvalue weighted by Crippen LogP contribution is 2.22. The highest BCUT2D eigenvalue weighted by atomic mass is 16.6. The van der Waals surface area contributed by atoms with E-state index in [1.54, 1.807) is 41.1 Å². The predicted molar refractivity (Wildman–Crippen MR) is 98.0 cm³/mol. The molecule has 1 aliphatic heterocycles. The number of rotatable bonds is 3. The number of amides is 2. The molecule has 0 saturated carbocycles. The first-order chi connectivity index (χ1) is 12.2. The second-order valence-electron chi connectivity index (χ2n) is 7.27. The Hall–Kier alpha value is -2.58. The summed E-state index contributed by atoms with van der Waals surface area (Å²) < 4.78 is 7.30. The van der Waals surface area contributed by atoms with Crippen LogP contribution in [-0.4, -0.2) is 70.6 Å². The average Bonchev–Trinajstić information content (AvgIpc) is 3.16. The predicted octanol–water partition coefficient (Wildman–Crippen LogP) is 0.510. The molecule has 0 bridgehead atoms. The second kappa shape index (κ2) is 7.76. The minimum Gasteiger partial charge on any atom is -0.444 e. The van der Waals surface area contributed by atoms with Crippen LogP contribution < -0.4 is 10.6 Å². The molecule has 2 heterocycles. The fourth-order valence-electron chi connectivity index (χ4n) is 2.89. The van der Waals surface area contributed by atoms with Crippen LogP contribution in [0.2, 0.25) is 0 Å². The fourth-order valence-corrected chi connectivity index (χ4v) is 2.89. The molecule has 0 radical (unpaired) electrons. The van der Waals surface area contributed by atoms with E-state index in [1.807, 2.05) is 17.8 Å². The summed E-state index contributed by atoms with van der Waals surface area (Å²) in [4.78, 5) is 34.8. The van der Waals surface area contributed by atoms with Gasteiger partial charge in [0.15, 0.2) is 11.7 Å². The standard InChI is InChI=1S/C17H28N6O3/c1-17(2,3)26-16(25)23-10-11(9-12(23)15(24)19-5)21-13(18-4)14-20-7-8-22(14)6/h7-8,11-12H,9-10H2,1-6H3,(H,18,21)(H,19,24)/t11-,12-/m0/s1. The van der Waals surface area contributed by atoms with Gasteiger partial charge in [0.05, 0.1) is 0 Å². The van der Waals surface area contributed by atoms with Crippen LogP contribution in [0.15, 0.2) is 17.4 Å². The Morgan fingerprint density at radius 1 is 1.38 bits per heavy atom. The van der Waals surface area contributed by atoms with Gasteiger partial charge in [-0.3, -0.25) is 14.7 Å². The molecular weight excluding hydrogens is 336 g/mol. The molecule has 0 spiro atoms. The highest BCUT2D eigenvalue weighted by Gasteiger charge is 2.41. The van der Waals surface area contributed by atoms with Crippen molar-refractivity contribution in [2.45, 2.75) is 44.9 Å². The highest BCUT2D eigenvalue weighted by molar-refractivity contribution is 5.96. The van der Waals surface area contributed by atoms with E-state index in [9.17, 15) is 9.59 Å². The van der Waals surface area contributed by atoms with Gasteiger partial charge in [-0.25, -0.2) is 9.78 Å². The number of likely N-dealkylation sites (N-methyl/N-ethyl adjacent to an activating group) is 1. The fraction of sp³-hybridized carbons (Fsp3) is 0.647. The lowest BCUT2D eigenvalue weighted by Crippen LogP contribution is -2.47. The number of ether oxygens (including phenoxy) is 1. The molecule has 9 heteroatoms. The van der Waals surface area contributed by atoms with Crippen molar-refractivity contribution in [3.8, 4) is 0 Å². The van der Waals surface area contributed by atoms with Crippen molar-refractivity contribution >= 4 is 17.8 Å². The van der Waals surface area contributed by atoms with Gasteiger partial charge in [-0.2, -0.15) is 0 Å². The molecule has 0 aromatic carbocycles. The number of aliphatic imine (C=N–C) groups is 1. The van der Waals surface area contributed by atoms with Crippen LogP contribution >= 0.6 is 0 Å². The van der Waals surface area contributed by atoms with E-state index in [-0.39, 0.29) is 11.9 Å². The monoisotopic (exact) mass is 364 g/mol. The molecule has 2 N–H and O–H groups in total. The van der Waals surface area contributed by atoms with E-state index < -0.39 is 17.7 Å². The van der Waals surface area contributed by atoms with Gasteiger partial charge < -0.3 is 19.9 Å². The van der Waals surface area contributed by atoms with Crippen LogP contribution in [0, 0.1) is 0 Å². The van der Waals surface area contributed by atoms with E-state index in [1.165, 1.54) is 4.90 Å². The molecule has 1 saturated heterocycles. The number of aryl methyl sites for hydroxylation is 1. The Balaban J connectivity index is 2.15. The zero-order valence-electron chi connectivity index (χ0n) is 16.2. The van der Waals surface area contributed by atoms with E-state index in [0.29, 0.717) is 24.6 Å². The van der Waals surface area contributed by atoms with E-state index in [2.05, 4.69) is 20.6 Å². The number of carbonyl (C=O) groups excluding carboxylic acids is 2. The van der Waals surface area contributed by atoms with Gasteiger partial charge in [-0.05, 0) is 27.2 Å². The molecule has 1 aromatic rings. The zero-order valence-corrected chi connectivity index (χ0v) is 16.2. The van der Waals surface area contributed by atoms with Gasteiger partial charge in [-0.15, -0.1) is 0 Å². The number of hydrogen-bond acceptors (Lipinski definition) is 5. The first-order valence-electron chi connectivity index (χ1n) is 8.58. The van der Waals surface area contributed by atoms with Gasteiger partial charge >= 0.3 is 6.09 Å². The van der Waals surface area contributed by atoms with Crippen molar-refractivity contribution in [1.82, 2.24) is 25.1 Å². The lowest BCUT2D eigenvalue weighted by Gasteiger charge is -2.27. The maximum atomic E-state index is 12.5. The van der Waals surface area contributed by atoms with Crippen LogP contribution in [0.5, 0.6) is 0 Å². The smallest absolute Gasteiger partial charge is 0.411 e. The zero-order chi connectivity index (χ0) is 19.5. The van der Waals surface area contributed by atoms with E-state index in [0.717, 1.165) is 0 Å². The summed E-state index contributed by atoms with van der Waals surface area (Å²) in [5, 5.41) is 5.92. The van der Waals surface area contributed by atoms with Crippen molar-refractivity contribution in [3.63, 3.8) is 0 Å². The molecule has 2 atom stereocenters. The van der Waals surface area contributed by atoms with Gasteiger partial charge in [0.25, 0.3) is 0 Å². The summed E-state index contributed by atoms with van der Waals surface area (Å²) >= 11 is 0. The molecule has 1 aromatic heterocycles. The second-order valence-corrected chi connectivity index (χ2v) is 7.27. The van der Waals surface area contributed by atoms with Gasteiger partial charge in [-0.1, -0.05) is 0 Å². The maximum Gasteiger partial charge on any atom is 0.411 e. The van der Waals surface area contributed by atoms with Gasteiger partial charge in [0.1, 0.15) is 11.6 Å². The first-order valence-corrected chi connectivity index (χ1v) is 8.58. The van der Waals surface area contributed by atoms with Crippen molar-refractivity contribution in [3.05, 3.63) is 18.2 Å². The summed E-state index contributed by atoms with van der Waals surface area (Å²) in [6.45, 7) is 5.74. The Labute approximate surface area is 153 Å². The maximum absolute atomic E-state index is 12.5. The summed E-state index contributed by atoms with van der Waals surface area (Å²) in [6.07, 6.45) is 3.49. The Kier molecular flexibility index (Phi) is 5.89. The van der Waals surface area contributed by atoms with Crippen molar-refractivity contribution < 1.29 is 14.3 Å². The Bertz CT molecular complexity index is 691. The van der Waals surface area contributed by atoms with Gasteiger partial charge in [0, 0.05) is 46.1 Å². The number of carbonyl (C=O) groups is 2. The Morgan fingerprint density at radius 3 is 2.58 bits per heavy atom. The van der Waals surface area contributed by atoms with Crippen molar-refractivity contribution in [2.24, 2.45) is 12.0 Å². The largest absolute Gasteiger partial charge is 0.444 e. The third kappa shape index (κ3) is 4.53. The summed E-state index contributed by atoms with van der Waals surface area (Å²) in [6, 6.07) is -0.730. The normalized spacial score (nSPS) is 20.8. The number of hydrogen-bond donors (Lipinski definition) is 2. The number of imidazole rings is 1. The quantitative estimate of drug-likeness (QED) is 0.601. The van der Waals surface area contributed by atoms with Crippen molar-refractivity contribution in [1.29, 1.82) is 0 Å². The molecule has 0 aliphatic carbocycles. The molecule has 2 rings (SSSR count). The number of likely N-dealkylation sites (tertiary alicyclic amines) is 1. The molecule has 1 aliphatic rings. The lowest BCUT2D eigenvalue weighted by molar-refractivity contribution is -0.124. The van der Waals surface area contributed by atoms with Crippen molar-refractivity contribution in [2.75, 3.05) is 20.6 Å². The van der Waals surface area contributed by atoms with Crippen LogP contribution in [0.1, 0.15) is 33.0 Å². The van der Waals surface area contributed by atoms with Crippen LogP contribution in [0.4, 0.5) is 4.79 Å². The third-order valence-electron chi connectivity index (χ3n) is 4.08. The summed E-state index contributed by atoms with van der Waals surface area (Å²) in [7, 11) is 5.11.